The Bertz CT molecular complexity index is 305. The molecule has 0 bridgehead atoms. The SMILES string of the molecule is C=CCC(=O)NS(=O)(=O)C(F)(F)F. The van der Waals surface area contributed by atoms with E-state index in [1.165, 1.54) is 0 Å². The zero-order valence-electron chi connectivity index (χ0n) is 6.26. The summed E-state index contributed by atoms with van der Waals surface area (Å²) in [5.74, 6) is -1.27. The molecule has 13 heavy (non-hydrogen) atoms. The zero-order chi connectivity index (χ0) is 10.7. The summed E-state index contributed by atoms with van der Waals surface area (Å²) in [5.41, 5.74) is -5.47. The Balaban J connectivity index is 4.54. The highest BCUT2D eigenvalue weighted by Crippen LogP contribution is 2.21. The van der Waals surface area contributed by atoms with Crippen molar-refractivity contribution >= 4 is 15.9 Å². The Hall–Kier alpha value is -1.05. The standard InChI is InChI=1S/C5H6F3NO3S/c1-2-3-4(10)9-13(11,12)5(6,7)8/h2H,1,3H2,(H,9,10). The van der Waals surface area contributed by atoms with Crippen LogP contribution in [0, 0.1) is 0 Å². The molecule has 1 amide bonds. The number of amides is 1. The second-order valence-corrected chi connectivity index (χ2v) is 3.64. The molecule has 1 N–H and O–H groups in total. The third-order valence-electron chi connectivity index (χ3n) is 0.883. The van der Waals surface area contributed by atoms with E-state index in [1.54, 1.807) is 0 Å². The van der Waals surface area contributed by atoms with Gasteiger partial charge in [0.05, 0.1) is 0 Å². The van der Waals surface area contributed by atoms with Gasteiger partial charge in [0.15, 0.2) is 0 Å². The van der Waals surface area contributed by atoms with Gasteiger partial charge in [-0.2, -0.15) is 21.6 Å². The van der Waals surface area contributed by atoms with Crippen LogP contribution in [0.2, 0.25) is 0 Å². The molecule has 0 saturated heterocycles. The van der Waals surface area contributed by atoms with E-state index in [4.69, 9.17) is 0 Å². The van der Waals surface area contributed by atoms with Crippen molar-refractivity contribution in [1.82, 2.24) is 4.72 Å². The van der Waals surface area contributed by atoms with E-state index in [9.17, 15) is 26.4 Å². The molecule has 0 aliphatic heterocycles. The lowest BCUT2D eigenvalue weighted by Crippen LogP contribution is -2.39. The highest BCUT2D eigenvalue weighted by Gasteiger charge is 2.46. The van der Waals surface area contributed by atoms with Crippen LogP contribution >= 0.6 is 0 Å². The molecule has 0 rings (SSSR count). The first kappa shape index (κ1) is 11.9. The Morgan fingerprint density at radius 2 is 1.92 bits per heavy atom. The van der Waals surface area contributed by atoms with Crippen molar-refractivity contribution in [2.45, 2.75) is 11.9 Å². The summed E-state index contributed by atoms with van der Waals surface area (Å²) < 4.78 is 56.1. The van der Waals surface area contributed by atoms with Crippen molar-refractivity contribution in [1.29, 1.82) is 0 Å². The van der Waals surface area contributed by atoms with Gasteiger partial charge in [-0.15, -0.1) is 6.58 Å². The maximum absolute atomic E-state index is 11.6. The number of halogens is 3. The molecule has 0 atom stereocenters. The topological polar surface area (TPSA) is 63.2 Å². The van der Waals surface area contributed by atoms with E-state index >= 15 is 0 Å². The van der Waals surface area contributed by atoms with E-state index in [0.717, 1.165) is 10.8 Å². The molecule has 0 radical (unpaired) electrons. The summed E-state index contributed by atoms with van der Waals surface area (Å²) in [6, 6.07) is 0. The Morgan fingerprint density at radius 1 is 1.46 bits per heavy atom. The van der Waals surface area contributed by atoms with Gasteiger partial charge in [0.1, 0.15) is 0 Å². The van der Waals surface area contributed by atoms with Crippen LogP contribution in [0.25, 0.3) is 0 Å². The lowest BCUT2D eigenvalue weighted by Gasteiger charge is -2.07. The summed E-state index contributed by atoms with van der Waals surface area (Å²) in [6.45, 7) is 3.06. The zero-order valence-corrected chi connectivity index (χ0v) is 7.07. The van der Waals surface area contributed by atoms with E-state index in [2.05, 4.69) is 6.58 Å². The first-order valence-corrected chi connectivity index (χ1v) is 4.42. The molecule has 0 aromatic carbocycles. The summed E-state index contributed by atoms with van der Waals surface area (Å²) >= 11 is 0. The third kappa shape index (κ3) is 3.45. The minimum Gasteiger partial charge on any atom is -0.274 e. The lowest BCUT2D eigenvalue weighted by atomic mass is 10.4. The van der Waals surface area contributed by atoms with E-state index in [1.807, 2.05) is 0 Å². The number of carbonyl (C=O) groups excluding carboxylic acids is 1. The first-order valence-electron chi connectivity index (χ1n) is 2.93. The van der Waals surface area contributed by atoms with Crippen LogP contribution in [0.5, 0.6) is 0 Å². The summed E-state index contributed by atoms with van der Waals surface area (Å²) in [4.78, 5) is 10.4. The van der Waals surface area contributed by atoms with Crippen molar-refractivity contribution in [2.24, 2.45) is 0 Å². The monoisotopic (exact) mass is 217 g/mol. The average Bonchev–Trinajstić information content (AvgIpc) is 1.83. The minimum absolute atomic E-state index is 0.491. The minimum atomic E-state index is -5.57. The smallest absolute Gasteiger partial charge is 0.274 e. The Kier molecular flexibility index (Phi) is 3.47. The summed E-state index contributed by atoms with van der Waals surface area (Å²) in [5, 5.41) is 0. The van der Waals surface area contributed by atoms with Gasteiger partial charge in [0.25, 0.3) is 0 Å². The summed E-state index contributed by atoms with van der Waals surface area (Å²) in [6.07, 6.45) is 0.497. The van der Waals surface area contributed by atoms with Gasteiger partial charge in [-0.3, -0.25) is 4.79 Å². The Labute approximate surface area is 72.5 Å². The van der Waals surface area contributed by atoms with E-state index in [0.29, 0.717) is 0 Å². The predicted molar refractivity (Wildman–Crippen MR) is 37.9 cm³/mol. The highest BCUT2D eigenvalue weighted by atomic mass is 32.2. The molecule has 76 valence electrons. The van der Waals surface area contributed by atoms with Crippen LogP contribution in [0.4, 0.5) is 13.2 Å². The fourth-order valence-corrected chi connectivity index (χ4v) is 0.879. The van der Waals surface area contributed by atoms with Crippen molar-refractivity contribution < 1.29 is 26.4 Å². The lowest BCUT2D eigenvalue weighted by molar-refractivity contribution is -0.119. The normalized spacial score (nSPS) is 12.2. The molecule has 4 nitrogen and oxygen atoms in total. The molecule has 0 aromatic rings. The molecule has 0 unspecified atom stereocenters. The van der Waals surface area contributed by atoms with Gasteiger partial charge in [-0.25, -0.2) is 4.72 Å². The fourth-order valence-electron chi connectivity index (χ4n) is 0.380. The molecule has 0 aliphatic carbocycles. The number of hydrogen-bond donors (Lipinski definition) is 1. The molecule has 0 aliphatic rings. The van der Waals surface area contributed by atoms with E-state index < -0.39 is 27.9 Å². The molecular weight excluding hydrogens is 211 g/mol. The third-order valence-corrected chi connectivity index (χ3v) is 1.99. The van der Waals surface area contributed by atoms with Crippen molar-refractivity contribution in [3.05, 3.63) is 12.7 Å². The highest BCUT2D eigenvalue weighted by molar-refractivity contribution is 7.90. The predicted octanol–water partition coefficient (Wildman–Crippen LogP) is 0.528. The quantitative estimate of drug-likeness (QED) is 0.701. The molecular formula is C5H6F3NO3S. The summed E-state index contributed by atoms with van der Waals surface area (Å²) in [7, 11) is -5.57. The van der Waals surface area contributed by atoms with Crippen LogP contribution in [-0.4, -0.2) is 19.8 Å². The number of nitrogens with one attached hydrogen (secondary N) is 1. The first-order chi connectivity index (χ1) is 5.70. The number of sulfonamides is 1. The maximum atomic E-state index is 11.6. The second-order valence-electron chi connectivity index (χ2n) is 1.97. The van der Waals surface area contributed by atoms with Crippen molar-refractivity contribution in [3.8, 4) is 0 Å². The van der Waals surface area contributed by atoms with Crippen molar-refractivity contribution in [2.75, 3.05) is 0 Å². The van der Waals surface area contributed by atoms with Crippen LogP contribution in [0.3, 0.4) is 0 Å². The number of hydrogen-bond acceptors (Lipinski definition) is 3. The average molecular weight is 217 g/mol. The van der Waals surface area contributed by atoms with Crippen LogP contribution in [-0.2, 0) is 14.8 Å². The van der Waals surface area contributed by atoms with Crippen LogP contribution in [0.15, 0.2) is 12.7 Å². The molecule has 0 fully saturated rings. The van der Waals surface area contributed by atoms with Crippen LogP contribution < -0.4 is 4.72 Å². The maximum Gasteiger partial charge on any atom is 0.516 e. The number of alkyl halides is 3. The fraction of sp³-hybridized carbons (Fsp3) is 0.400. The molecule has 0 aromatic heterocycles. The number of carbonyl (C=O) groups is 1. The molecule has 8 heteroatoms. The molecule has 0 spiro atoms. The van der Waals surface area contributed by atoms with Gasteiger partial charge in [-0.05, 0) is 0 Å². The second kappa shape index (κ2) is 3.77. The van der Waals surface area contributed by atoms with Gasteiger partial charge in [0, 0.05) is 6.42 Å². The van der Waals surface area contributed by atoms with Gasteiger partial charge < -0.3 is 0 Å². The number of rotatable bonds is 3. The van der Waals surface area contributed by atoms with Gasteiger partial charge >= 0.3 is 15.5 Å². The Morgan fingerprint density at radius 3 is 2.23 bits per heavy atom. The van der Waals surface area contributed by atoms with E-state index in [-0.39, 0.29) is 0 Å². The molecule has 0 saturated carbocycles. The van der Waals surface area contributed by atoms with Crippen molar-refractivity contribution in [3.63, 3.8) is 0 Å². The van der Waals surface area contributed by atoms with Crippen LogP contribution in [0.1, 0.15) is 6.42 Å². The van der Waals surface area contributed by atoms with Gasteiger partial charge in [0.2, 0.25) is 5.91 Å². The largest absolute Gasteiger partial charge is 0.516 e. The van der Waals surface area contributed by atoms with Gasteiger partial charge in [-0.1, -0.05) is 6.08 Å². The molecule has 0 heterocycles.